The number of imide groups is 1. The second kappa shape index (κ2) is 10.00. The van der Waals surface area contributed by atoms with Crippen molar-refractivity contribution in [3.63, 3.8) is 0 Å². The fourth-order valence-electron chi connectivity index (χ4n) is 3.46. The van der Waals surface area contributed by atoms with E-state index in [0.29, 0.717) is 32.7 Å². The van der Waals surface area contributed by atoms with Gasteiger partial charge in [-0.2, -0.15) is 0 Å². The standard InChI is InChI=1S/C25H18Cl3N3O4/c1-13-6-9-20(35-2)19(10-13)31-24(33)21(28)22(25(31)34)29-15-5-3-4-14(11-15)23(32)30-16-7-8-17(26)18(27)12-16/h3-12,29H,1-2H3,(H,30,32). The van der Waals surface area contributed by atoms with Gasteiger partial charge in [0.2, 0.25) is 0 Å². The van der Waals surface area contributed by atoms with Crippen LogP contribution < -0.4 is 20.3 Å². The molecule has 3 aromatic rings. The second-order valence-corrected chi connectivity index (χ2v) is 8.79. The lowest BCUT2D eigenvalue weighted by Gasteiger charge is -2.18. The molecule has 178 valence electrons. The Labute approximate surface area is 216 Å². The van der Waals surface area contributed by atoms with Crippen molar-refractivity contribution in [2.45, 2.75) is 6.92 Å². The lowest BCUT2D eigenvalue weighted by molar-refractivity contribution is -0.120. The monoisotopic (exact) mass is 529 g/mol. The van der Waals surface area contributed by atoms with Gasteiger partial charge in [0.1, 0.15) is 16.5 Å². The summed E-state index contributed by atoms with van der Waals surface area (Å²) in [6.07, 6.45) is 0. The van der Waals surface area contributed by atoms with Crippen LogP contribution in [0, 0.1) is 6.92 Å². The molecule has 1 heterocycles. The van der Waals surface area contributed by atoms with Crippen molar-refractivity contribution < 1.29 is 19.1 Å². The van der Waals surface area contributed by atoms with Gasteiger partial charge in [0, 0.05) is 16.9 Å². The van der Waals surface area contributed by atoms with Crippen molar-refractivity contribution in [3.8, 4) is 5.75 Å². The minimum absolute atomic E-state index is 0.109. The number of hydrogen-bond acceptors (Lipinski definition) is 5. The molecule has 0 fully saturated rings. The number of carbonyl (C=O) groups is 3. The highest BCUT2D eigenvalue weighted by atomic mass is 35.5. The molecule has 4 rings (SSSR count). The van der Waals surface area contributed by atoms with Crippen molar-refractivity contribution in [3.05, 3.63) is 92.6 Å². The van der Waals surface area contributed by atoms with E-state index in [4.69, 9.17) is 39.5 Å². The van der Waals surface area contributed by atoms with Gasteiger partial charge in [0.25, 0.3) is 17.7 Å². The quantitative estimate of drug-likeness (QED) is 0.382. The van der Waals surface area contributed by atoms with E-state index in [-0.39, 0.29) is 16.4 Å². The number of carbonyl (C=O) groups excluding carboxylic acids is 3. The van der Waals surface area contributed by atoms with Crippen LogP contribution >= 0.6 is 34.8 Å². The molecule has 0 aliphatic carbocycles. The van der Waals surface area contributed by atoms with Crippen molar-refractivity contribution in [2.24, 2.45) is 0 Å². The summed E-state index contributed by atoms with van der Waals surface area (Å²) < 4.78 is 5.31. The smallest absolute Gasteiger partial charge is 0.283 e. The predicted molar refractivity (Wildman–Crippen MR) is 138 cm³/mol. The molecule has 0 aromatic heterocycles. The van der Waals surface area contributed by atoms with Gasteiger partial charge >= 0.3 is 0 Å². The molecule has 1 aliphatic heterocycles. The van der Waals surface area contributed by atoms with Gasteiger partial charge in [-0.25, -0.2) is 4.90 Å². The summed E-state index contributed by atoms with van der Waals surface area (Å²) >= 11 is 18.2. The molecule has 7 nitrogen and oxygen atoms in total. The molecule has 3 amide bonds. The summed E-state index contributed by atoms with van der Waals surface area (Å²) in [5.41, 5.74) is 2.16. The molecule has 0 atom stereocenters. The van der Waals surface area contributed by atoms with Gasteiger partial charge < -0.3 is 15.4 Å². The van der Waals surface area contributed by atoms with Crippen LogP contribution in [0.5, 0.6) is 5.75 Å². The van der Waals surface area contributed by atoms with Crippen molar-refractivity contribution in [1.29, 1.82) is 0 Å². The number of methoxy groups -OCH3 is 1. The number of anilines is 3. The zero-order valence-corrected chi connectivity index (χ0v) is 20.8. The number of nitrogens with one attached hydrogen (secondary N) is 2. The number of ether oxygens (including phenoxy) is 1. The molecule has 2 N–H and O–H groups in total. The van der Waals surface area contributed by atoms with Gasteiger partial charge in [-0.05, 0) is 61.0 Å². The first-order valence-corrected chi connectivity index (χ1v) is 11.4. The van der Waals surface area contributed by atoms with Crippen molar-refractivity contribution in [2.75, 3.05) is 22.6 Å². The van der Waals surface area contributed by atoms with Gasteiger partial charge in [0.05, 0.1) is 22.8 Å². The topological polar surface area (TPSA) is 87.7 Å². The Balaban J connectivity index is 1.56. The molecule has 0 bridgehead atoms. The second-order valence-electron chi connectivity index (χ2n) is 7.60. The number of halogens is 3. The first kappa shape index (κ1) is 24.6. The maximum absolute atomic E-state index is 13.2. The third kappa shape index (κ3) is 4.98. The summed E-state index contributed by atoms with van der Waals surface area (Å²) in [6.45, 7) is 1.83. The molecule has 1 aliphatic rings. The lowest BCUT2D eigenvalue weighted by Crippen LogP contribution is -2.32. The fraction of sp³-hybridized carbons (Fsp3) is 0.0800. The summed E-state index contributed by atoms with van der Waals surface area (Å²) in [7, 11) is 1.45. The maximum atomic E-state index is 13.2. The SMILES string of the molecule is COc1ccc(C)cc1N1C(=O)C(Cl)=C(Nc2cccc(C(=O)Nc3ccc(Cl)c(Cl)c3)c2)C1=O. The number of aryl methyl sites for hydroxylation is 1. The van der Waals surface area contributed by atoms with E-state index < -0.39 is 17.7 Å². The van der Waals surface area contributed by atoms with E-state index in [9.17, 15) is 14.4 Å². The Morgan fingerprint density at radius 1 is 0.886 bits per heavy atom. The molecule has 0 saturated carbocycles. The molecule has 0 spiro atoms. The minimum atomic E-state index is -0.684. The normalized spacial score (nSPS) is 13.3. The first-order chi connectivity index (χ1) is 16.7. The van der Waals surface area contributed by atoms with Crippen LogP contribution in [0.1, 0.15) is 15.9 Å². The van der Waals surface area contributed by atoms with Crippen LogP contribution in [0.4, 0.5) is 17.1 Å². The van der Waals surface area contributed by atoms with Crippen molar-refractivity contribution >= 4 is 69.6 Å². The summed E-state index contributed by atoms with van der Waals surface area (Å²) in [5, 5.41) is 6.00. The van der Waals surface area contributed by atoms with Gasteiger partial charge in [-0.3, -0.25) is 14.4 Å². The largest absolute Gasteiger partial charge is 0.495 e. The Kier molecular flexibility index (Phi) is 7.03. The third-order valence-electron chi connectivity index (χ3n) is 5.17. The van der Waals surface area contributed by atoms with Crippen LogP contribution in [0.15, 0.2) is 71.4 Å². The van der Waals surface area contributed by atoms with E-state index in [1.54, 1.807) is 48.5 Å². The summed E-state index contributed by atoms with van der Waals surface area (Å²) in [5.74, 6) is -1.39. The highest BCUT2D eigenvalue weighted by molar-refractivity contribution is 6.53. The molecular weight excluding hydrogens is 513 g/mol. The molecule has 10 heteroatoms. The minimum Gasteiger partial charge on any atom is -0.495 e. The van der Waals surface area contributed by atoms with Crippen molar-refractivity contribution in [1.82, 2.24) is 0 Å². The molecule has 3 aromatic carbocycles. The molecule has 0 radical (unpaired) electrons. The summed E-state index contributed by atoms with van der Waals surface area (Å²) in [6, 6.07) is 16.2. The van der Waals surface area contributed by atoms with Crippen LogP contribution in [-0.2, 0) is 9.59 Å². The van der Waals surface area contributed by atoms with Crippen LogP contribution in [0.2, 0.25) is 10.0 Å². The zero-order valence-electron chi connectivity index (χ0n) is 18.5. The molecule has 0 saturated heterocycles. The van der Waals surface area contributed by atoms with Gasteiger partial charge in [-0.1, -0.05) is 46.9 Å². The van der Waals surface area contributed by atoms with E-state index in [2.05, 4.69) is 10.6 Å². The highest BCUT2D eigenvalue weighted by Gasteiger charge is 2.40. The first-order valence-electron chi connectivity index (χ1n) is 10.3. The van der Waals surface area contributed by atoms with Gasteiger partial charge in [-0.15, -0.1) is 0 Å². The number of benzene rings is 3. The van der Waals surface area contributed by atoms with E-state index in [1.807, 2.05) is 6.92 Å². The Morgan fingerprint density at radius 3 is 2.37 bits per heavy atom. The fourth-order valence-corrected chi connectivity index (χ4v) is 3.98. The molecule has 35 heavy (non-hydrogen) atoms. The Hall–Kier alpha value is -3.52. The third-order valence-corrected chi connectivity index (χ3v) is 6.26. The van der Waals surface area contributed by atoms with Crippen LogP contribution in [-0.4, -0.2) is 24.8 Å². The zero-order chi connectivity index (χ0) is 25.3. The van der Waals surface area contributed by atoms with E-state index >= 15 is 0 Å². The number of amides is 3. The summed E-state index contributed by atoms with van der Waals surface area (Å²) in [4.78, 5) is 39.7. The average Bonchev–Trinajstić information content (AvgIpc) is 3.04. The Bertz CT molecular complexity index is 1400. The van der Waals surface area contributed by atoms with E-state index in [1.165, 1.54) is 19.2 Å². The predicted octanol–water partition coefficient (Wildman–Crippen LogP) is 6.00. The maximum Gasteiger partial charge on any atom is 0.283 e. The number of rotatable bonds is 6. The van der Waals surface area contributed by atoms with Crippen LogP contribution in [0.25, 0.3) is 0 Å². The highest BCUT2D eigenvalue weighted by Crippen LogP contribution is 2.36. The van der Waals surface area contributed by atoms with E-state index in [0.717, 1.165) is 10.5 Å². The molecular formula is C25H18Cl3N3O4. The average molecular weight is 531 g/mol. The lowest BCUT2D eigenvalue weighted by atomic mass is 10.1. The van der Waals surface area contributed by atoms with Gasteiger partial charge in [0.15, 0.2) is 0 Å². The number of hydrogen-bond donors (Lipinski definition) is 2. The van der Waals surface area contributed by atoms with Crippen LogP contribution in [0.3, 0.4) is 0 Å². The number of nitrogens with zero attached hydrogens (tertiary/aromatic N) is 1. The molecule has 0 unspecified atom stereocenters. The Morgan fingerprint density at radius 2 is 1.66 bits per heavy atom.